The standard InChI is InChI=1S/C13H16N6O/c1-20-11-2-4-16-7-10(11)12-9(6-15)13(17-5-3-14)19-8-18-12/h2,4,6-8,15H,3,5,14H2,1H3,(H,17,18,19). The smallest absolute Gasteiger partial charge is 0.138 e. The number of pyridine rings is 1. The molecule has 2 aromatic rings. The molecule has 0 unspecified atom stereocenters. The number of rotatable bonds is 6. The van der Waals surface area contributed by atoms with Crippen molar-refractivity contribution < 1.29 is 4.74 Å². The van der Waals surface area contributed by atoms with E-state index < -0.39 is 0 Å². The number of anilines is 1. The molecule has 0 fully saturated rings. The second-order valence-corrected chi connectivity index (χ2v) is 3.92. The Balaban J connectivity index is 2.53. The number of ether oxygens (including phenoxy) is 1. The van der Waals surface area contributed by atoms with Crippen LogP contribution in [0.5, 0.6) is 5.75 Å². The van der Waals surface area contributed by atoms with Crippen molar-refractivity contribution >= 4 is 12.0 Å². The van der Waals surface area contributed by atoms with Gasteiger partial charge in [-0.2, -0.15) is 0 Å². The van der Waals surface area contributed by atoms with E-state index in [4.69, 9.17) is 15.9 Å². The molecular weight excluding hydrogens is 256 g/mol. The first-order chi connectivity index (χ1) is 9.81. The number of nitrogens with two attached hydrogens (primary N) is 1. The number of nitrogens with one attached hydrogen (secondary N) is 2. The van der Waals surface area contributed by atoms with Crippen LogP contribution in [0.2, 0.25) is 0 Å². The Bertz CT molecular complexity index is 601. The van der Waals surface area contributed by atoms with Gasteiger partial charge in [0.25, 0.3) is 0 Å². The van der Waals surface area contributed by atoms with Crippen molar-refractivity contribution in [2.75, 3.05) is 25.5 Å². The lowest BCUT2D eigenvalue weighted by molar-refractivity contribution is 0.416. The molecule has 0 amide bonds. The average molecular weight is 272 g/mol. The van der Waals surface area contributed by atoms with Crippen LogP contribution in [0.3, 0.4) is 0 Å². The summed E-state index contributed by atoms with van der Waals surface area (Å²) < 4.78 is 5.30. The third-order valence-corrected chi connectivity index (χ3v) is 2.72. The number of hydrogen-bond acceptors (Lipinski definition) is 7. The largest absolute Gasteiger partial charge is 0.496 e. The van der Waals surface area contributed by atoms with E-state index in [1.807, 2.05) is 0 Å². The molecule has 2 heterocycles. The predicted octanol–water partition coefficient (Wildman–Crippen LogP) is 0.915. The van der Waals surface area contributed by atoms with Crippen molar-refractivity contribution in [2.24, 2.45) is 5.73 Å². The molecule has 0 spiro atoms. The lowest BCUT2D eigenvalue weighted by Gasteiger charge is -2.12. The molecule has 0 saturated carbocycles. The minimum absolute atomic E-state index is 0.479. The summed E-state index contributed by atoms with van der Waals surface area (Å²) in [6, 6.07) is 1.75. The highest BCUT2D eigenvalue weighted by Gasteiger charge is 2.14. The van der Waals surface area contributed by atoms with Gasteiger partial charge in [-0.15, -0.1) is 0 Å². The lowest BCUT2D eigenvalue weighted by atomic mass is 10.1. The molecule has 0 aliphatic rings. The van der Waals surface area contributed by atoms with Gasteiger partial charge < -0.3 is 21.2 Å². The topological polar surface area (TPSA) is 110 Å². The maximum absolute atomic E-state index is 7.60. The maximum Gasteiger partial charge on any atom is 0.138 e. The van der Waals surface area contributed by atoms with Gasteiger partial charge in [0, 0.05) is 31.7 Å². The Morgan fingerprint density at radius 2 is 2.30 bits per heavy atom. The van der Waals surface area contributed by atoms with E-state index in [0.29, 0.717) is 41.5 Å². The summed E-state index contributed by atoms with van der Waals surface area (Å²) in [5, 5.41) is 10.7. The highest BCUT2D eigenvalue weighted by molar-refractivity contribution is 5.93. The van der Waals surface area contributed by atoms with E-state index in [0.717, 1.165) is 0 Å². The fraction of sp³-hybridized carbons (Fsp3) is 0.231. The Morgan fingerprint density at radius 1 is 1.45 bits per heavy atom. The highest BCUT2D eigenvalue weighted by atomic mass is 16.5. The molecular formula is C13H16N6O. The molecule has 104 valence electrons. The second kappa shape index (κ2) is 6.58. The van der Waals surface area contributed by atoms with Gasteiger partial charge in [-0.05, 0) is 6.07 Å². The van der Waals surface area contributed by atoms with Gasteiger partial charge in [-0.1, -0.05) is 0 Å². The number of methoxy groups -OCH3 is 1. The number of hydrogen-bond donors (Lipinski definition) is 3. The van der Waals surface area contributed by atoms with Crippen molar-refractivity contribution in [3.8, 4) is 17.0 Å². The van der Waals surface area contributed by atoms with Crippen molar-refractivity contribution in [1.82, 2.24) is 15.0 Å². The van der Waals surface area contributed by atoms with Gasteiger partial charge in [0.1, 0.15) is 17.9 Å². The second-order valence-electron chi connectivity index (χ2n) is 3.92. The van der Waals surface area contributed by atoms with Crippen LogP contribution in [0.15, 0.2) is 24.8 Å². The molecule has 0 atom stereocenters. The fourth-order valence-corrected chi connectivity index (χ4v) is 1.82. The first-order valence-corrected chi connectivity index (χ1v) is 6.09. The van der Waals surface area contributed by atoms with Crippen LogP contribution in [0.25, 0.3) is 11.3 Å². The van der Waals surface area contributed by atoms with Crippen LogP contribution in [0.1, 0.15) is 5.56 Å². The van der Waals surface area contributed by atoms with E-state index in [1.54, 1.807) is 25.6 Å². The van der Waals surface area contributed by atoms with Crippen molar-refractivity contribution in [3.63, 3.8) is 0 Å². The molecule has 0 aromatic carbocycles. The van der Waals surface area contributed by atoms with Gasteiger partial charge in [0.2, 0.25) is 0 Å². The molecule has 7 heteroatoms. The zero-order valence-corrected chi connectivity index (χ0v) is 11.1. The fourth-order valence-electron chi connectivity index (χ4n) is 1.82. The molecule has 0 bridgehead atoms. The molecule has 0 aliphatic heterocycles. The third-order valence-electron chi connectivity index (χ3n) is 2.72. The molecule has 4 N–H and O–H groups in total. The van der Waals surface area contributed by atoms with Gasteiger partial charge in [0.15, 0.2) is 0 Å². The minimum atomic E-state index is 0.479. The van der Waals surface area contributed by atoms with Crippen LogP contribution in [-0.2, 0) is 0 Å². The summed E-state index contributed by atoms with van der Waals surface area (Å²) in [7, 11) is 1.58. The lowest BCUT2D eigenvalue weighted by Crippen LogP contribution is -2.15. The Hall–Kier alpha value is -2.54. The Kier molecular flexibility index (Phi) is 4.56. The summed E-state index contributed by atoms with van der Waals surface area (Å²) in [4.78, 5) is 12.5. The van der Waals surface area contributed by atoms with E-state index >= 15 is 0 Å². The third kappa shape index (κ3) is 2.72. The van der Waals surface area contributed by atoms with Crippen LogP contribution in [0.4, 0.5) is 5.82 Å². The molecule has 0 radical (unpaired) electrons. The van der Waals surface area contributed by atoms with E-state index in [1.165, 1.54) is 12.5 Å². The molecule has 0 saturated heterocycles. The summed E-state index contributed by atoms with van der Waals surface area (Å²) >= 11 is 0. The monoisotopic (exact) mass is 272 g/mol. The van der Waals surface area contributed by atoms with Crippen LogP contribution >= 0.6 is 0 Å². The summed E-state index contributed by atoms with van der Waals surface area (Å²) in [6.45, 7) is 1.05. The normalized spacial score (nSPS) is 10.1. The SMILES string of the molecule is COc1ccncc1-c1ncnc(NCCN)c1C=N. The van der Waals surface area contributed by atoms with E-state index in [2.05, 4.69) is 20.3 Å². The summed E-state index contributed by atoms with van der Waals surface area (Å²) in [5.41, 5.74) is 7.36. The predicted molar refractivity (Wildman–Crippen MR) is 77.2 cm³/mol. The summed E-state index contributed by atoms with van der Waals surface area (Å²) in [6.07, 6.45) is 5.94. The average Bonchev–Trinajstić information content (AvgIpc) is 2.52. The van der Waals surface area contributed by atoms with Crippen molar-refractivity contribution in [2.45, 2.75) is 0 Å². The molecule has 0 aliphatic carbocycles. The molecule has 7 nitrogen and oxygen atoms in total. The first kappa shape index (κ1) is 13.9. The van der Waals surface area contributed by atoms with Crippen molar-refractivity contribution in [1.29, 1.82) is 5.41 Å². The molecule has 20 heavy (non-hydrogen) atoms. The zero-order valence-electron chi connectivity index (χ0n) is 11.1. The van der Waals surface area contributed by atoms with Crippen molar-refractivity contribution in [3.05, 3.63) is 30.4 Å². The Morgan fingerprint density at radius 3 is 3.00 bits per heavy atom. The van der Waals surface area contributed by atoms with Gasteiger partial charge >= 0.3 is 0 Å². The van der Waals surface area contributed by atoms with Gasteiger partial charge in [0.05, 0.1) is 23.9 Å². The first-order valence-electron chi connectivity index (χ1n) is 6.09. The number of aromatic nitrogens is 3. The Labute approximate surface area is 116 Å². The van der Waals surface area contributed by atoms with Gasteiger partial charge in [-0.25, -0.2) is 9.97 Å². The maximum atomic E-state index is 7.60. The van der Waals surface area contributed by atoms with Gasteiger partial charge in [-0.3, -0.25) is 4.98 Å². The zero-order chi connectivity index (χ0) is 14.4. The van der Waals surface area contributed by atoms with Crippen LogP contribution in [0, 0.1) is 5.41 Å². The van der Waals surface area contributed by atoms with Crippen LogP contribution in [-0.4, -0.2) is 41.4 Å². The minimum Gasteiger partial charge on any atom is -0.496 e. The van der Waals surface area contributed by atoms with Crippen LogP contribution < -0.4 is 15.8 Å². The molecule has 2 rings (SSSR count). The van der Waals surface area contributed by atoms with E-state index in [-0.39, 0.29) is 0 Å². The summed E-state index contributed by atoms with van der Waals surface area (Å²) in [5.74, 6) is 1.22. The van der Waals surface area contributed by atoms with E-state index in [9.17, 15) is 0 Å². The number of nitrogens with zero attached hydrogens (tertiary/aromatic N) is 3. The quantitative estimate of drug-likeness (QED) is 0.674. The highest BCUT2D eigenvalue weighted by Crippen LogP contribution is 2.30. The molecule has 2 aromatic heterocycles.